The molecule has 32 heavy (non-hydrogen) atoms. The van der Waals surface area contributed by atoms with E-state index in [1.54, 1.807) is 20.8 Å². The number of nitrogens with zero attached hydrogens (tertiary/aromatic N) is 1. The maximum atomic E-state index is 13.5. The Bertz CT molecular complexity index is 906. The van der Waals surface area contributed by atoms with Crippen molar-refractivity contribution in [3.63, 3.8) is 0 Å². The molecule has 0 radical (unpaired) electrons. The Balaban J connectivity index is 1.93. The number of carbonyl (C=O) groups is 2. The van der Waals surface area contributed by atoms with Crippen molar-refractivity contribution in [2.75, 3.05) is 52.7 Å². The van der Waals surface area contributed by atoms with Crippen LogP contribution in [0.25, 0.3) is 0 Å². The number of sulfone groups is 1. The summed E-state index contributed by atoms with van der Waals surface area (Å²) in [5.41, 5.74) is 0.0614. The van der Waals surface area contributed by atoms with Gasteiger partial charge in [0.1, 0.15) is 11.4 Å². The minimum Gasteiger partial charge on any atom is -0.461 e. The first-order chi connectivity index (χ1) is 15.1. The summed E-state index contributed by atoms with van der Waals surface area (Å²) in [7, 11) is -3.61. The van der Waals surface area contributed by atoms with Crippen molar-refractivity contribution in [3.8, 4) is 0 Å². The molecule has 3 rings (SSSR count). The SMILES string of the molecule is CCOC(=O)C(=N)C1=C2NCCOCCOCC(C)(C)S(=O)(=O)C3(CC3)CN(CC1)C2=O. The van der Waals surface area contributed by atoms with E-state index in [2.05, 4.69) is 5.32 Å². The molecule has 2 bridgehead atoms. The molecule has 180 valence electrons. The lowest BCUT2D eigenvalue weighted by atomic mass is 9.99. The van der Waals surface area contributed by atoms with Crippen molar-refractivity contribution < 1.29 is 32.2 Å². The van der Waals surface area contributed by atoms with Crippen LogP contribution in [0.2, 0.25) is 0 Å². The van der Waals surface area contributed by atoms with E-state index in [1.165, 1.54) is 4.90 Å². The second-order valence-corrected chi connectivity index (χ2v) is 11.9. The molecule has 2 heterocycles. The molecular weight excluding hydrogens is 438 g/mol. The zero-order chi connectivity index (χ0) is 23.6. The highest BCUT2D eigenvalue weighted by Gasteiger charge is 2.61. The highest BCUT2D eigenvalue weighted by Crippen LogP contribution is 2.49. The Hall–Kier alpha value is -1.98. The maximum Gasteiger partial charge on any atom is 0.356 e. The molecule has 0 aromatic rings. The number of nitrogens with one attached hydrogen (secondary N) is 2. The number of carbonyl (C=O) groups excluding carboxylic acids is 2. The molecule has 0 aromatic heterocycles. The van der Waals surface area contributed by atoms with E-state index in [0.29, 0.717) is 19.4 Å². The standard InChI is InChI=1S/C21H33N3O7S/c1-4-31-19(26)16(22)15-5-9-24-13-21(6-7-21)32(27,28)20(2,3)14-30-12-11-29-10-8-23-17(15)18(24)25/h22-23H,4-14H2,1-3H3. The monoisotopic (exact) mass is 471 g/mol. The van der Waals surface area contributed by atoms with Crippen LogP contribution >= 0.6 is 0 Å². The number of hydrogen-bond acceptors (Lipinski definition) is 9. The maximum absolute atomic E-state index is 13.5. The molecule has 0 aromatic carbocycles. The van der Waals surface area contributed by atoms with Gasteiger partial charge in [0.05, 0.1) is 42.5 Å². The highest BCUT2D eigenvalue weighted by molar-refractivity contribution is 7.94. The van der Waals surface area contributed by atoms with Gasteiger partial charge in [-0.25, -0.2) is 13.2 Å². The number of amides is 1. The predicted molar refractivity (Wildman–Crippen MR) is 117 cm³/mol. The van der Waals surface area contributed by atoms with Gasteiger partial charge in [0.25, 0.3) is 5.91 Å². The van der Waals surface area contributed by atoms with Crippen molar-refractivity contribution in [1.82, 2.24) is 10.2 Å². The van der Waals surface area contributed by atoms with E-state index in [9.17, 15) is 18.0 Å². The average Bonchev–Trinajstić information content (AvgIpc) is 3.52. The number of ether oxygens (including phenoxy) is 3. The first kappa shape index (κ1) is 24.7. The molecule has 10 nitrogen and oxygen atoms in total. The van der Waals surface area contributed by atoms with Crippen molar-refractivity contribution in [1.29, 1.82) is 5.41 Å². The normalized spacial score (nSPS) is 25.3. The zero-order valence-corrected chi connectivity index (χ0v) is 19.8. The fourth-order valence-electron chi connectivity index (χ4n) is 4.12. The third kappa shape index (κ3) is 4.69. The lowest BCUT2D eigenvalue weighted by Gasteiger charge is -2.36. The third-order valence-electron chi connectivity index (χ3n) is 6.17. The molecule has 11 heteroatoms. The van der Waals surface area contributed by atoms with Crippen LogP contribution in [0.3, 0.4) is 0 Å². The fourth-order valence-corrected chi connectivity index (χ4v) is 6.49. The van der Waals surface area contributed by atoms with Crippen molar-refractivity contribution >= 4 is 27.4 Å². The predicted octanol–water partition coefficient (Wildman–Crippen LogP) is 0.418. The minimum atomic E-state index is -3.61. The summed E-state index contributed by atoms with van der Waals surface area (Å²) in [5.74, 6) is -1.20. The average molecular weight is 472 g/mol. The van der Waals surface area contributed by atoms with Crippen LogP contribution in [0, 0.1) is 5.41 Å². The summed E-state index contributed by atoms with van der Waals surface area (Å²) in [6, 6.07) is 0. The van der Waals surface area contributed by atoms with Crippen LogP contribution in [-0.2, 0) is 33.6 Å². The molecule has 0 atom stereocenters. The van der Waals surface area contributed by atoms with Crippen LogP contribution < -0.4 is 5.32 Å². The lowest BCUT2D eigenvalue weighted by molar-refractivity contribution is -0.135. The number of rotatable bonds is 3. The molecule has 1 spiro atoms. The Morgan fingerprint density at radius 2 is 1.91 bits per heavy atom. The third-order valence-corrected chi connectivity index (χ3v) is 9.42. The quantitative estimate of drug-likeness (QED) is 0.447. The van der Waals surface area contributed by atoms with Gasteiger partial charge in [-0.2, -0.15) is 0 Å². The zero-order valence-electron chi connectivity index (χ0n) is 19.0. The van der Waals surface area contributed by atoms with Crippen molar-refractivity contribution in [3.05, 3.63) is 11.3 Å². The summed E-state index contributed by atoms with van der Waals surface area (Å²) in [5, 5.41) is 11.2. The van der Waals surface area contributed by atoms with E-state index in [-0.39, 0.29) is 69.5 Å². The lowest BCUT2D eigenvalue weighted by Crippen LogP contribution is -2.52. The van der Waals surface area contributed by atoms with E-state index in [0.717, 1.165) is 0 Å². The summed E-state index contributed by atoms with van der Waals surface area (Å²) >= 11 is 0. The molecule has 3 aliphatic rings. The summed E-state index contributed by atoms with van der Waals surface area (Å²) in [6.07, 6.45) is 1.24. The van der Waals surface area contributed by atoms with Gasteiger partial charge in [-0.3, -0.25) is 10.2 Å². The number of fused-ring (bicyclic) bond motifs is 2. The van der Waals surface area contributed by atoms with Crippen LogP contribution in [-0.4, -0.2) is 93.1 Å². The molecule has 0 unspecified atom stereocenters. The molecule has 1 aliphatic carbocycles. The Kier molecular flexibility index (Phi) is 7.31. The van der Waals surface area contributed by atoms with Crippen molar-refractivity contribution in [2.45, 2.75) is 49.5 Å². The van der Waals surface area contributed by atoms with Gasteiger partial charge >= 0.3 is 5.97 Å². The summed E-state index contributed by atoms with van der Waals surface area (Å²) in [4.78, 5) is 27.0. The van der Waals surface area contributed by atoms with E-state index in [4.69, 9.17) is 19.6 Å². The fraction of sp³-hybridized carbons (Fsp3) is 0.762. The highest BCUT2D eigenvalue weighted by atomic mass is 32.2. The molecule has 1 saturated carbocycles. The largest absolute Gasteiger partial charge is 0.461 e. The second-order valence-electron chi connectivity index (χ2n) is 8.96. The van der Waals surface area contributed by atoms with Crippen LogP contribution in [0.5, 0.6) is 0 Å². The van der Waals surface area contributed by atoms with Gasteiger partial charge in [-0.05, 0) is 40.0 Å². The van der Waals surface area contributed by atoms with Crippen LogP contribution in [0.1, 0.15) is 40.0 Å². The molecule has 2 N–H and O–H groups in total. The Morgan fingerprint density at radius 3 is 2.56 bits per heavy atom. The van der Waals surface area contributed by atoms with E-state index in [1.807, 2.05) is 0 Å². The van der Waals surface area contributed by atoms with Gasteiger partial charge in [0, 0.05) is 25.2 Å². The smallest absolute Gasteiger partial charge is 0.356 e. The Morgan fingerprint density at radius 1 is 1.22 bits per heavy atom. The van der Waals surface area contributed by atoms with E-state index < -0.39 is 31.2 Å². The first-order valence-electron chi connectivity index (χ1n) is 11.0. The molecule has 2 aliphatic heterocycles. The molecule has 1 saturated heterocycles. The molecule has 2 fully saturated rings. The number of esters is 1. The number of hydrogen-bond donors (Lipinski definition) is 2. The van der Waals surface area contributed by atoms with Crippen molar-refractivity contribution in [2.24, 2.45) is 0 Å². The molecular formula is C21H33N3O7S. The topological polar surface area (TPSA) is 135 Å². The van der Waals surface area contributed by atoms with Crippen LogP contribution in [0.15, 0.2) is 11.3 Å². The van der Waals surface area contributed by atoms with Gasteiger partial charge < -0.3 is 24.4 Å². The van der Waals surface area contributed by atoms with Gasteiger partial charge in [-0.1, -0.05) is 0 Å². The van der Waals surface area contributed by atoms with E-state index >= 15 is 0 Å². The van der Waals surface area contributed by atoms with Crippen LogP contribution in [0.4, 0.5) is 0 Å². The first-order valence-corrected chi connectivity index (χ1v) is 12.5. The summed E-state index contributed by atoms with van der Waals surface area (Å²) in [6.45, 7) is 6.58. The molecule has 1 amide bonds. The summed E-state index contributed by atoms with van der Waals surface area (Å²) < 4.78 is 41.0. The Labute approximate surface area is 189 Å². The minimum absolute atomic E-state index is 0.0542. The second kappa shape index (κ2) is 9.48. The van der Waals surface area contributed by atoms with Gasteiger partial charge in [0.15, 0.2) is 9.84 Å². The van der Waals surface area contributed by atoms with Gasteiger partial charge in [0.2, 0.25) is 0 Å². The van der Waals surface area contributed by atoms with Gasteiger partial charge in [-0.15, -0.1) is 0 Å².